The predicted octanol–water partition coefficient (Wildman–Crippen LogP) is 3.15. The van der Waals surface area contributed by atoms with E-state index in [-0.39, 0.29) is 12.7 Å². The number of hydrogen-bond donors (Lipinski definition) is 1. The van der Waals surface area contributed by atoms with Crippen LogP contribution in [0.1, 0.15) is 12.5 Å². The number of hydrogen-bond acceptors (Lipinski definition) is 4. The Hall–Kier alpha value is -2.40. The number of ether oxygens (including phenoxy) is 3. The molecule has 23 heavy (non-hydrogen) atoms. The summed E-state index contributed by atoms with van der Waals surface area (Å²) >= 11 is 5.89. The van der Waals surface area contributed by atoms with Gasteiger partial charge in [-0.05, 0) is 42.8 Å². The third-order valence-electron chi connectivity index (χ3n) is 3.38. The van der Waals surface area contributed by atoms with Crippen LogP contribution in [-0.4, -0.2) is 18.8 Å². The lowest BCUT2D eigenvalue weighted by Gasteiger charge is -2.15. The summed E-state index contributed by atoms with van der Waals surface area (Å²) < 4.78 is 16.1. The second kappa shape index (κ2) is 6.79. The smallest absolute Gasteiger partial charge is 0.261 e. The highest BCUT2D eigenvalue weighted by Crippen LogP contribution is 2.32. The average Bonchev–Trinajstić information content (AvgIpc) is 3.00. The molecule has 0 radical (unpaired) electrons. The van der Waals surface area contributed by atoms with Gasteiger partial charge >= 0.3 is 0 Å². The molecule has 3 rings (SSSR count). The van der Waals surface area contributed by atoms with Crippen LogP contribution in [0.3, 0.4) is 0 Å². The summed E-state index contributed by atoms with van der Waals surface area (Å²) in [4.78, 5) is 12.1. The van der Waals surface area contributed by atoms with Crippen molar-refractivity contribution in [3.8, 4) is 17.2 Å². The summed E-state index contributed by atoms with van der Waals surface area (Å²) in [5, 5.41) is 3.40. The summed E-state index contributed by atoms with van der Waals surface area (Å²) in [5.41, 5.74) is 0.928. The first-order valence-corrected chi connectivity index (χ1v) is 7.58. The van der Waals surface area contributed by atoms with Gasteiger partial charge in [-0.1, -0.05) is 23.7 Å². The van der Waals surface area contributed by atoms with E-state index in [1.807, 2.05) is 18.2 Å². The van der Waals surface area contributed by atoms with Gasteiger partial charge in [0.05, 0.1) is 0 Å². The molecule has 1 aliphatic rings. The molecule has 2 aromatic carbocycles. The van der Waals surface area contributed by atoms with Crippen molar-refractivity contribution in [2.45, 2.75) is 19.6 Å². The number of nitrogens with one attached hydrogen (secondary N) is 1. The molecule has 0 fully saturated rings. The van der Waals surface area contributed by atoms with E-state index in [0.717, 1.165) is 11.3 Å². The van der Waals surface area contributed by atoms with E-state index in [1.165, 1.54) is 0 Å². The van der Waals surface area contributed by atoms with Gasteiger partial charge in [-0.15, -0.1) is 0 Å². The first kappa shape index (κ1) is 15.5. The second-order valence-corrected chi connectivity index (χ2v) is 5.56. The van der Waals surface area contributed by atoms with Crippen molar-refractivity contribution in [1.82, 2.24) is 5.32 Å². The SMILES string of the molecule is CC(Oc1cccc(Cl)c1)C(=O)NCc1ccc2c(c1)OCO2. The van der Waals surface area contributed by atoms with Gasteiger partial charge in [-0.25, -0.2) is 0 Å². The zero-order chi connectivity index (χ0) is 16.2. The maximum absolute atomic E-state index is 12.1. The van der Waals surface area contributed by atoms with Crippen LogP contribution in [0.4, 0.5) is 0 Å². The van der Waals surface area contributed by atoms with Crippen LogP contribution < -0.4 is 19.5 Å². The highest BCUT2D eigenvalue weighted by molar-refractivity contribution is 6.30. The van der Waals surface area contributed by atoms with Gasteiger partial charge in [0.15, 0.2) is 17.6 Å². The molecule has 1 heterocycles. The fourth-order valence-corrected chi connectivity index (χ4v) is 2.36. The number of fused-ring (bicyclic) bond motifs is 1. The molecule has 0 saturated carbocycles. The molecule has 1 N–H and O–H groups in total. The number of halogens is 1. The fourth-order valence-electron chi connectivity index (χ4n) is 2.18. The highest BCUT2D eigenvalue weighted by Gasteiger charge is 2.16. The van der Waals surface area contributed by atoms with E-state index in [9.17, 15) is 4.79 Å². The Morgan fingerprint density at radius 3 is 2.91 bits per heavy atom. The Morgan fingerprint density at radius 1 is 1.26 bits per heavy atom. The van der Waals surface area contributed by atoms with Crippen LogP contribution in [-0.2, 0) is 11.3 Å². The zero-order valence-corrected chi connectivity index (χ0v) is 13.3. The predicted molar refractivity (Wildman–Crippen MR) is 86.0 cm³/mol. The maximum atomic E-state index is 12.1. The minimum atomic E-state index is -0.623. The molecule has 6 heteroatoms. The lowest BCUT2D eigenvalue weighted by molar-refractivity contribution is -0.127. The monoisotopic (exact) mass is 333 g/mol. The standard InChI is InChI=1S/C17H16ClNO4/c1-11(23-14-4-2-3-13(18)8-14)17(20)19-9-12-5-6-15-16(7-12)22-10-21-15/h2-8,11H,9-10H2,1H3,(H,19,20). The van der Waals surface area contributed by atoms with Gasteiger partial charge in [0.25, 0.3) is 5.91 Å². The van der Waals surface area contributed by atoms with E-state index in [0.29, 0.717) is 23.1 Å². The van der Waals surface area contributed by atoms with Crippen molar-refractivity contribution < 1.29 is 19.0 Å². The minimum absolute atomic E-state index is 0.206. The Balaban J connectivity index is 1.54. The minimum Gasteiger partial charge on any atom is -0.481 e. The van der Waals surface area contributed by atoms with Gasteiger partial charge < -0.3 is 19.5 Å². The topological polar surface area (TPSA) is 56.8 Å². The quantitative estimate of drug-likeness (QED) is 0.913. The third kappa shape index (κ3) is 3.87. The van der Waals surface area contributed by atoms with Crippen LogP contribution in [0.5, 0.6) is 17.2 Å². The average molecular weight is 334 g/mol. The van der Waals surface area contributed by atoms with Crippen molar-refractivity contribution >= 4 is 17.5 Å². The first-order chi connectivity index (χ1) is 11.1. The molecule has 1 atom stereocenters. The van der Waals surface area contributed by atoms with Crippen LogP contribution in [0.15, 0.2) is 42.5 Å². The fraction of sp³-hybridized carbons (Fsp3) is 0.235. The second-order valence-electron chi connectivity index (χ2n) is 5.12. The molecule has 120 valence electrons. The Kier molecular flexibility index (Phi) is 4.57. The Labute approximate surface area is 139 Å². The Bertz CT molecular complexity index is 719. The summed E-state index contributed by atoms with van der Waals surface area (Å²) in [6.07, 6.45) is -0.623. The van der Waals surface area contributed by atoms with Crippen molar-refractivity contribution in [3.05, 3.63) is 53.1 Å². The molecular formula is C17H16ClNO4. The van der Waals surface area contributed by atoms with Crippen molar-refractivity contribution in [1.29, 1.82) is 0 Å². The van der Waals surface area contributed by atoms with Crippen molar-refractivity contribution in [2.24, 2.45) is 0 Å². The summed E-state index contributed by atoms with van der Waals surface area (Å²) in [7, 11) is 0. The number of carbonyl (C=O) groups excluding carboxylic acids is 1. The molecule has 1 unspecified atom stereocenters. The van der Waals surface area contributed by atoms with Gasteiger partial charge in [0, 0.05) is 11.6 Å². The van der Waals surface area contributed by atoms with Crippen LogP contribution in [0, 0.1) is 0 Å². The molecule has 1 amide bonds. The molecule has 0 spiro atoms. The van der Waals surface area contributed by atoms with Crippen LogP contribution in [0.2, 0.25) is 5.02 Å². The van der Waals surface area contributed by atoms with E-state index >= 15 is 0 Å². The van der Waals surface area contributed by atoms with Crippen LogP contribution in [0.25, 0.3) is 0 Å². The molecular weight excluding hydrogens is 318 g/mol. The number of benzene rings is 2. The zero-order valence-electron chi connectivity index (χ0n) is 12.5. The molecule has 0 saturated heterocycles. The molecule has 0 aliphatic carbocycles. The normalized spacial score (nSPS) is 13.5. The van der Waals surface area contributed by atoms with Gasteiger partial charge in [0.2, 0.25) is 6.79 Å². The molecule has 0 aromatic heterocycles. The lowest BCUT2D eigenvalue weighted by atomic mass is 10.2. The van der Waals surface area contributed by atoms with E-state index in [4.69, 9.17) is 25.8 Å². The molecule has 5 nitrogen and oxygen atoms in total. The Morgan fingerprint density at radius 2 is 2.09 bits per heavy atom. The van der Waals surface area contributed by atoms with Gasteiger partial charge in [0.1, 0.15) is 5.75 Å². The maximum Gasteiger partial charge on any atom is 0.261 e. The van der Waals surface area contributed by atoms with Gasteiger partial charge in [-0.3, -0.25) is 4.79 Å². The third-order valence-corrected chi connectivity index (χ3v) is 3.62. The number of carbonyl (C=O) groups is 1. The lowest BCUT2D eigenvalue weighted by Crippen LogP contribution is -2.35. The number of amides is 1. The van der Waals surface area contributed by atoms with Gasteiger partial charge in [-0.2, -0.15) is 0 Å². The molecule has 2 aromatic rings. The van der Waals surface area contributed by atoms with Crippen molar-refractivity contribution in [2.75, 3.05) is 6.79 Å². The number of rotatable bonds is 5. The van der Waals surface area contributed by atoms with E-state index in [2.05, 4.69) is 5.32 Å². The summed E-state index contributed by atoms with van der Waals surface area (Å²) in [6, 6.07) is 12.5. The van der Waals surface area contributed by atoms with E-state index < -0.39 is 6.10 Å². The van der Waals surface area contributed by atoms with Crippen LogP contribution >= 0.6 is 11.6 Å². The first-order valence-electron chi connectivity index (χ1n) is 7.20. The highest BCUT2D eigenvalue weighted by atomic mass is 35.5. The molecule has 1 aliphatic heterocycles. The van der Waals surface area contributed by atoms with Crippen molar-refractivity contribution in [3.63, 3.8) is 0 Å². The summed E-state index contributed by atoms with van der Waals surface area (Å²) in [6.45, 7) is 2.31. The van der Waals surface area contributed by atoms with E-state index in [1.54, 1.807) is 31.2 Å². The largest absolute Gasteiger partial charge is 0.481 e. The summed E-state index contributed by atoms with van der Waals surface area (Å²) in [5.74, 6) is 1.77. The molecule has 0 bridgehead atoms.